The summed E-state index contributed by atoms with van der Waals surface area (Å²) in [6.45, 7) is 0. The van der Waals surface area contributed by atoms with Gasteiger partial charge in [-0.1, -0.05) is 43.2 Å². The molecule has 116 valence electrons. The minimum absolute atomic E-state index is 0.172. The number of nitrogens with one attached hydrogen (secondary N) is 1. The van der Waals surface area contributed by atoms with Crippen molar-refractivity contribution in [3.05, 3.63) is 53.7 Å². The Morgan fingerprint density at radius 2 is 2.05 bits per heavy atom. The molecular weight excluding hydrogens is 278 g/mol. The predicted molar refractivity (Wildman–Crippen MR) is 83.3 cm³/mol. The van der Waals surface area contributed by atoms with Crippen molar-refractivity contribution in [2.45, 2.75) is 44.2 Å². The van der Waals surface area contributed by atoms with Crippen molar-refractivity contribution in [3.8, 4) is 0 Å². The average Bonchev–Trinajstić information content (AvgIpc) is 3.19. The zero-order valence-corrected chi connectivity index (χ0v) is 12.5. The quantitative estimate of drug-likeness (QED) is 0.889. The molecule has 5 nitrogen and oxygen atoms in total. The number of carbonyl (C=O) groups is 1. The van der Waals surface area contributed by atoms with Gasteiger partial charge in [0.15, 0.2) is 5.69 Å². The molecule has 0 aliphatic heterocycles. The van der Waals surface area contributed by atoms with Gasteiger partial charge in [0.1, 0.15) is 6.26 Å². The van der Waals surface area contributed by atoms with Crippen LogP contribution in [0.4, 0.5) is 0 Å². The van der Waals surface area contributed by atoms with Crippen LogP contribution in [0, 0.1) is 0 Å². The minimum Gasteiger partial charge on any atom is -0.446 e. The lowest BCUT2D eigenvalue weighted by Gasteiger charge is -2.09. The van der Waals surface area contributed by atoms with Crippen molar-refractivity contribution in [3.63, 3.8) is 0 Å². The maximum atomic E-state index is 12.1. The maximum Gasteiger partial charge on any atom is 0.273 e. The lowest BCUT2D eigenvalue weighted by molar-refractivity contribution is 0.0932. The number of rotatable bonds is 5. The van der Waals surface area contributed by atoms with Crippen molar-refractivity contribution >= 4 is 5.91 Å². The molecule has 3 rings (SSSR count). The van der Waals surface area contributed by atoms with Crippen LogP contribution in [0.3, 0.4) is 0 Å². The summed E-state index contributed by atoms with van der Waals surface area (Å²) in [5.74, 6) is 0.231. The molecule has 2 aromatic rings. The first-order chi connectivity index (χ1) is 10.7. The highest BCUT2D eigenvalue weighted by molar-refractivity contribution is 5.92. The van der Waals surface area contributed by atoms with E-state index < -0.39 is 0 Å². The number of hydrogen-bond donors (Lipinski definition) is 2. The number of nitrogens with two attached hydrogens (primary N) is 1. The van der Waals surface area contributed by atoms with Crippen LogP contribution < -0.4 is 11.1 Å². The van der Waals surface area contributed by atoms with Crippen molar-refractivity contribution < 1.29 is 9.21 Å². The molecule has 0 bridgehead atoms. The van der Waals surface area contributed by atoms with Gasteiger partial charge in [0.05, 0.1) is 6.04 Å². The van der Waals surface area contributed by atoms with E-state index in [4.69, 9.17) is 10.2 Å². The molecule has 1 fully saturated rings. The van der Waals surface area contributed by atoms with Crippen molar-refractivity contribution in [1.29, 1.82) is 0 Å². The topological polar surface area (TPSA) is 81.1 Å². The summed E-state index contributed by atoms with van der Waals surface area (Å²) in [7, 11) is 0. The standard InChI is InChI=1S/C17H21N3O2/c18-14(10-12-6-2-1-3-7-12)17-20-15(11-22-17)16(21)19-13-8-4-5-9-13/h1-3,6-7,11,13-14H,4-5,8-10,18H2,(H,19,21). The lowest BCUT2D eigenvalue weighted by Crippen LogP contribution is -2.32. The molecule has 1 aromatic heterocycles. The number of benzene rings is 1. The Balaban J connectivity index is 1.61. The number of oxazole rings is 1. The van der Waals surface area contributed by atoms with E-state index in [-0.39, 0.29) is 18.0 Å². The Labute approximate surface area is 129 Å². The number of carbonyl (C=O) groups excluding carboxylic acids is 1. The molecule has 5 heteroatoms. The predicted octanol–water partition coefficient (Wildman–Crippen LogP) is 2.59. The molecule has 1 amide bonds. The van der Waals surface area contributed by atoms with Gasteiger partial charge in [0.2, 0.25) is 5.89 Å². The molecule has 0 saturated heterocycles. The highest BCUT2D eigenvalue weighted by Crippen LogP contribution is 2.19. The van der Waals surface area contributed by atoms with Gasteiger partial charge in [0.25, 0.3) is 5.91 Å². The first-order valence-electron chi connectivity index (χ1n) is 7.78. The SMILES string of the molecule is NC(Cc1ccccc1)c1nc(C(=O)NC2CCCC2)co1. The number of amides is 1. The van der Waals surface area contributed by atoms with E-state index in [0.29, 0.717) is 18.0 Å². The Bertz CT molecular complexity index is 618. The molecule has 1 aromatic carbocycles. The van der Waals surface area contributed by atoms with Crippen molar-refractivity contribution in [1.82, 2.24) is 10.3 Å². The van der Waals surface area contributed by atoms with Crippen LogP contribution >= 0.6 is 0 Å². The van der Waals surface area contributed by atoms with E-state index in [0.717, 1.165) is 18.4 Å². The van der Waals surface area contributed by atoms with E-state index in [2.05, 4.69) is 10.3 Å². The van der Waals surface area contributed by atoms with Gasteiger partial charge in [-0.05, 0) is 24.8 Å². The smallest absolute Gasteiger partial charge is 0.273 e. The molecular formula is C17H21N3O2. The summed E-state index contributed by atoms with van der Waals surface area (Å²) in [6.07, 6.45) is 6.47. The second-order valence-electron chi connectivity index (χ2n) is 5.82. The number of hydrogen-bond acceptors (Lipinski definition) is 4. The van der Waals surface area contributed by atoms with E-state index in [1.807, 2.05) is 30.3 Å². The maximum absolute atomic E-state index is 12.1. The summed E-state index contributed by atoms with van der Waals surface area (Å²) in [5.41, 5.74) is 7.54. The molecule has 0 spiro atoms. The summed E-state index contributed by atoms with van der Waals surface area (Å²) >= 11 is 0. The molecule has 0 radical (unpaired) electrons. The van der Waals surface area contributed by atoms with Gasteiger partial charge in [-0.2, -0.15) is 0 Å². The fourth-order valence-electron chi connectivity index (χ4n) is 2.85. The van der Waals surface area contributed by atoms with Gasteiger partial charge in [-0.3, -0.25) is 4.79 Å². The van der Waals surface area contributed by atoms with Crippen molar-refractivity contribution in [2.24, 2.45) is 5.73 Å². The third-order valence-electron chi connectivity index (χ3n) is 4.06. The lowest BCUT2D eigenvalue weighted by atomic mass is 10.1. The Hall–Kier alpha value is -2.14. The van der Waals surface area contributed by atoms with E-state index in [1.54, 1.807) is 0 Å². The minimum atomic E-state index is -0.351. The van der Waals surface area contributed by atoms with Crippen LogP contribution in [0.2, 0.25) is 0 Å². The van der Waals surface area contributed by atoms with Crippen LogP contribution in [0.1, 0.15) is 53.7 Å². The highest BCUT2D eigenvalue weighted by atomic mass is 16.3. The highest BCUT2D eigenvalue weighted by Gasteiger charge is 2.21. The van der Waals surface area contributed by atoms with Crippen LogP contribution in [0.25, 0.3) is 0 Å². The first kappa shape index (κ1) is 14.8. The van der Waals surface area contributed by atoms with E-state index >= 15 is 0 Å². The van der Waals surface area contributed by atoms with Gasteiger partial charge in [0, 0.05) is 6.04 Å². The summed E-state index contributed by atoms with van der Waals surface area (Å²) in [4.78, 5) is 16.4. The van der Waals surface area contributed by atoms with E-state index in [9.17, 15) is 4.79 Å². The molecule has 22 heavy (non-hydrogen) atoms. The summed E-state index contributed by atoms with van der Waals surface area (Å²) in [6, 6.07) is 9.84. The second kappa shape index (κ2) is 6.75. The van der Waals surface area contributed by atoms with Gasteiger partial charge in [-0.15, -0.1) is 0 Å². The zero-order valence-electron chi connectivity index (χ0n) is 12.5. The van der Waals surface area contributed by atoms with Crippen molar-refractivity contribution in [2.75, 3.05) is 0 Å². The van der Waals surface area contributed by atoms with Gasteiger partial charge < -0.3 is 15.5 Å². The summed E-state index contributed by atoms with van der Waals surface area (Å²) < 4.78 is 5.39. The molecule has 1 aliphatic carbocycles. The Morgan fingerprint density at radius 3 is 2.77 bits per heavy atom. The monoisotopic (exact) mass is 299 g/mol. The van der Waals surface area contributed by atoms with Crippen LogP contribution in [0.15, 0.2) is 41.0 Å². The van der Waals surface area contributed by atoms with Crippen LogP contribution in [-0.4, -0.2) is 16.9 Å². The Morgan fingerprint density at radius 1 is 1.32 bits per heavy atom. The van der Waals surface area contributed by atoms with Gasteiger partial charge in [-0.25, -0.2) is 4.98 Å². The van der Waals surface area contributed by atoms with E-state index in [1.165, 1.54) is 19.1 Å². The molecule has 1 atom stereocenters. The molecule has 1 heterocycles. The Kier molecular flexibility index (Phi) is 4.53. The zero-order chi connectivity index (χ0) is 15.4. The first-order valence-corrected chi connectivity index (χ1v) is 7.78. The molecule has 3 N–H and O–H groups in total. The van der Waals surface area contributed by atoms with Gasteiger partial charge >= 0.3 is 0 Å². The summed E-state index contributed by atoms with van der Waals surface area (Å²) in [5, 5.41) is 2.99. The van der Waals surface area contributed by atoms with Crippen LogP contribution in [0.5, 0.6) is 0 Å². The normalized spacial score (nSPS) is 16.6. The fourth-order valence-corrected chi connectivity index (χ4v) is 2.85. The largest absolute Gasteiger partial charge is 0.446 e. The second-order valence-corrected chi connectivity index (χ2v) is 5.82. The number of nitrogens with zero attached hydrogens (tertiary/aromatic N) is 1. The molecule has 1 aliphatic rings. The van der Waals surface area contributed by atoms with Crippen LogP contribution in [-0.2, 0) is 6.42 Å². The third kappa shape index (κ3) is 3.54. The fraction of sp³-hybridized carbons (Fsp3) is 0.412. The molecule has 1 unspecified atom stereocenters. The average molecular weight is 299 g/mol. The molecule has 1 saturated carbocycles. The third-order valence-corrected chi connectivity index (χ3v) is 4.06. The number of aromatic nitrogens is 1.